The summed E-state index contributed by atoms with van der Waals surface area (Å²) in [7, 11) is 0. The van der Waals surface area contributed by atoms with Crippen molar-refractivity contribution in [2.45, 2.75) is 19.4 Å². The van der Waals surface area contributed by atoms with E-state index in [0.29, 0.717) is 6.61 Å². The van der Waals surface area contributed by atoms with Gasteiger partial charge in [-0.2, -0.15) is 0 Å². The highest BCUT2D eigenvalue weighted by atomic mass is 35.5. The second-order valence-corrected chi connectivity index (χ2v) is 5.67. The normalized spacial score (nSPS) is 12.4. The number of rotatable bonds is 5. The quantitative estimate of drug-likeness (QED) is 0.911. The smallest absolute Gasteiger partial charge is 0.137 e. The van der Waals surface area contributed by atoms with E-state index >= 15 is 0 Å². The molecule has 2 N–H and O–H groups in total. The van der Waals surface area contributed by atoms with Crippen LogP contribution >= 0.6 is 22.9 Å². The van der Waals surface area contributed by atoms with Crippen LogP contribution in [0.25, 0.3) is 0 Å². The maximum atomic E-state index is 6.18. The molecule has 18 heavy (non-hydrogen) atoms. The Hall–Kier alpha value is -1.10. The minimum absolute atomic E-state index is 0.208. The van der Waals surface area contributed by atoms with E-state index in [1.54, 1.807) is 12.4 Å². The summed E-state index contributed by atoms with van der Waals surface area (Å²) in [6.07, 6.45) is 4.43. The zero-order chi connectivity index (χ0) is 13.0. The fraction of sp³-hybridized carbons (Fsp3) is 0.308. The Kier molecular flexibility index (Phi) is 4.58. The van der Waals surface area contributed by atoms with Crippen molar-refractivity contribution in [2.75, 3.05) is 6.61 Å². The van der Waals surface area contributed by atoms with Crippen molar-refractivity contribution in [2.24, 2.45) is 5.73 Å². The summed E-state index contributed by atoms with van der Waals surface area (Å²) in [5.41, 5.74) is 7.12. The number of pyridine rings is 1. The van der Waals surface area contributed by atoms with Crippen LogP contribution in [0.2, 0.25) is 4.34 Å². The second-order valence-electron chi connectivity index (χ2n) is 3.92. The first-order chi connectivity index (χ1) is 8.70. The summed E-state index contributed by atoms with van der Waals surface area (Å²) in [4.78, 5) is 5.18. The molecule has 0 aliphatic rings. The SMILES string of the molecule is CCCOc1cncc(C(N)c2ccc(Cl)s2)c1. The largest absolute Gasteiger partial charge is 0.492 e. The van der Waals surface area contributed by atoms with Crippen LogP contribution in [-0.4, -0.2) is 11.6 Å². The summed E-state index contributed by atoms with van der Waals surface area (Å²) < 4.78 is 6.29. The predicted molar refractivity (Wildman–Crippen MR) is 75.4 cm³/mol. The Bertz CT molecular complexity index is 515. The van der Waals surface area contributed by atoms with Gasteiger partial charge >= 0.3 is 0 Å². The Morgan fingerprint density at radius 3 is 2.94 bits per heavy atom. The molecule has 1 unspecified atom stereocenters. The molecular formula is C13H15ClN2OS. The predicted octanol–water partition coefficient (Wildman–Crippen LogP) is 3.63. The Morgan fingerprint density at radius 2 is 2.28 bits per heavy atom. The number of thiophene rings is 1. The molecule has 0 amide bonds. The third-order valence-corrected chi connectivity index (χ3v) is 3.78. The van der Waals surface area contributed by atoms with Crippen molar-refractivity contribution in [3.63, 3.8) is 0 Å². The Balaban J connectivity index is 2.17. The molecular weight excluding hydrogens is 268 g/mol. The number of halogens is 1. The van der Waals surface area contributed by atoms with Crippen LogP contribution in [0.5, 0.6) is 5.75 Å². The van der Waals surface area contributed by atoms with Gasteiger partial charge in [0.1, 0.15) is 5.75 Å². The third kappa shape index (κ3) is 3.22. The van der Waals surface area contributed by atoms with Crippen LogP contribution in [0.4, 0.5) is 0 Å². The molecule has 0 aromatic carbocycles. The number of ether oxygens (including phenoxy) is 1. The molecule has 2 heterocycles. The van der Waals surface area contributed by atoms with Gasteiger partial charge in [-0.25, -0.2) is 0 Å². The molecule has 0 bridgehead atoms. The lowest BCUT2D eigenvalue weighted by Gasteiger charge is -2.11. The minimum atomic E-state index is -0.208. The summed E-state index contributed by atoms with van der Waals surface area (Å²) in [5, 5.41) is 0. The number of hydrogen-bond donors (Lipinski definition) is 1. The maximum absolute atomic E-state index is 6.18. The van der Waals surface area contributed by atoms with Gasteiger partial charge in [-0.15, -0.1) is 11.3 Å². The second kappa shape index (κ2) is 6.18. The van der Waals surface area contributed by atoms with Gasteiger partial charge in [0.25, 0.3) is 0 Å². The van der Waals surface area contributed by atoms with Gasteiger partial charge in [-0.05, 0) is 30.2 Å². The minimum Gasteiger partial charge on any atom is -0.492 e. The number of nitrogens with two attached hydrogens (primary N) is 1. The molecule has 0 saturated carbocycles. The molecule has 5 heteroatoms. The zero-order valence-corrected chi connectivity index (χ0v) is 11.7. The van der Waals surface area contributed by atoms with Crippen molar-refractivity contribution < 1.29 is 4.74 Å². The Labute approximate surface area is 116 Å². The van der Waals surface area contributed by atoms with Crippen LogP contribution in [0, 0.1) is 0 Å². The average molecular weight is 283 g/mol. The molecule has 0 aliphatic heterocycles. The first-order valence-corrected chi connectivity index (χ1v) is 6.98. The van der Waals surface area contributed by atoms with Crippen LogP contribution in [0.1, 0.15) is 29.8 Å². The van der Waals surface area contributed by atoms with Crippen molar-refractivity contribution in [1.82, 2.24) is 4.98 Å². The van der Waals surface area contributed by atoms with Gasteiger partial charge in [0.2, 0.25) is 0 Å². The van der Waals surface area contributed by atoms with E-state index in [1.165, 1.54) is 11.3 Å². The summed E-state index contributed by atoms with van der Waals surface area (Å²) in [6, 6.07) is 5.52. The lowest BCUT2D eigenvalue weighted by Crippen LogP contribution is -2.10. The van der Waals surface area contributed by atoms with E-state index in [1.807, 2.05) is 18.2 Å². The molecule has 0 fully saturated rings. The summed E-state index contributed by atoms with van der Waals surface area (Å²) in [6.45, 7) is 2.75. The zero-order valence-electron chi connectivity index (χ0n) is 10.1. The lowest BCUT2D eigenvalue weighted by molar-refractivity contribution is 0.315. The van der Waals surface area contributed by atoms with Gasteiger partial charge < -0.3 is 10.5 Å². The number of aromatic nitrogens is 1. The van der Waals surface area contributed by atoms with Gasteiger partial charge in [0, 0.05) is 11.1 Å². The molecule has 0 radical (unpaired) electrons. The summed E-state index contributed by atoms with van der Waals surface area (Å²) in [5.74, 6) is 0.757. The highest BCUT2D eigenvalue weighted by molar-refractivity contribution is 7.16. The van der Waals surface area contributed by atoms with E-state index < -0.39 is 0 Å². The number of nitrogens with zero attached hydrogens (tertiary/aromatic N) is 1. The standard InChI is InChI=1S/C13H15ClN2OS/c1-2-5-17-10-6-9(7-16-8-10)13(15)11-3-4-12(14)18-11/h3-4,6-8,13H,2,5,15H2,1H3. The molecule has 2 rings (SSSR count). The molecule has 0 saturated heterocycles. The van der Waals surface area contributed by atoms with E-state index in [0.717, 1.165) is 26.9 Å². The topological polar surface area (TPSA) is 48.1 Å². The molecule has 0 spiro atoms. The van der Waals surface area contributed by atoms with Crippen LogP contribution in [-0.2, 0) is 0 Å². The van der Waals surface area contributed by atoms with Gasteiger partial charge in [-0.1, -0.05) is 18.5 Å². The molecule has 96 valence electrons. The molecule has 2 aromatic rings. The van der Waals surface area contributed by atoms with E-state index in [-0.39, 0.29) is 6.04 Å². The van der Waals surface area contributed by atoms with E-state index in [2.05, 4.69) is 11.9 Å². The average Bonchev–Trinajstić information content (AvgIpc) is 2.82. The van der Waals surface area contributed by atoms with Gasteiger partial charge in [0.05, 0.1) is 23.2 Å². The first kappa shape index (κ1) is 13.3. The molecule has 3 nitrogen and oxygen atoms in total. The fourth-order valence-corrected chi connectivity index (χ4v) is 2.65. The van der Waals surface area contributed by atoms with E-state index in [4.69, 9.17) is 22.1 Å². The first-order valence-electron chi connectivity index (χ1n) is 5.79. The fourth-order valence-electron chi connectivity index (χ4n) is 1.56. The van der Waals surface area contributed by atoms with Gasteiger partial charge in [0.15, 0.2) is 0 Å². The van der Waals surface area contributed by atoms with E-state index in [9.17, 15) is 0 Å². The van der Waals surface area contributed by atoms with Gasteiger partial charge in [-0.3, -0.25) is 4.98 Å². The molecule has 1 atom stereocenters. The van der Waals surface area contributed by atoms with Crippen LogP contribution in [0.15, 0.2) is 30.6 Å². The van der Waals surface area contributed by atoms with Crippen LogP contribution in [0.3, 0.4) is 0 Å². The third-order valence-electron chi connectivity index (χ3n) is 2.47. The highest BCUT2D eigenvalue weighted by Gasteiger charge is 2.12. The van der Waals surface area contributed by atoms with Crippen molar-refractivity contribution in [3.8, 4) is 5.75 Å². The molecule has 2 aromatic heterocycles. The van der Waals surface area contributed by atoms with Crippen molar-refractivity contribution in [1.29, 1.82) is 0 Å². The molecule has 0 aliphatic carbocycles. The van der Waals surface area contributed by atoms with Crippen molar-refractivity contribution >= 4 is 22.9 Å². The monoisotopic (exact) mass is 282 g/mol. The maximum Gasteiger partial charge on any atom is 0.137 e. The number of hydrogen-bond acceptors (Lipinski definition) is 4. The van der Waals surface area contributed by atoms with Crippen LogP contribution < -0.4 is 10.5 Å². The summed E-state index contributed by atoms with van der Waals surface area (Å²) >= 11 is 7.40. The van der Waals surface area contributed by atoms with Crippen molar-refractivity contribution in [3.05, 3.63) is 45.4 Å². The lowest BCUT2D eigenvalue weighted by atomic mass is 10.1. The highest BCUT2D eigenvalue weighted by Crippen LogP contribution is 2.30. The Morgan fingerprint density at radius 1 is 1.44 bits per heavy atom.